The van der Waals surface area contributed by atoms with Crippen molar-refractivity contribution >= 4 is 5.97 Å². The van der Waals surface area contributed by atoms with E-state index in [2.05, 4.69) is 4.90 Å². The highest BCUT2D eigenvalue weighted by molar-refractivity contribution is 5.87. The molecule has 0 saturated heterocycles. The van der Waals surface area contributed by atoms with E-state index in [-0.39, 0.29) is 5.56 Å². The minimum atomic E-state index is -0.951. The Bertz CT molecular complexity index is 551. The predicted molar refractivity (Wildman–Crippen MR) is 73.9 cm³/mol. The molecule has 2 aromatic rings. The predicted octanol–water partition coefficient (Wildman–Crippen LogP) is 2.49. The van der Waals surface area contributed by atoms with Crippen molar-refractivity contribution in [3.63, 3.8) is 0 Å². The van der Waals surface area contributed by atoms with Crippen LogP contribution in [0.15, 0.2) is 47.3 Å². The van der Waals surface area contributed by atoms with Crippen LogP contribution >= 0.6 is 0 Å². The zero-order valence-corrected chi connectivity index (χ0v) is 11.3. The summed E-state index contributed by atoms with van der Waals surface area (Å²) in [4.78, 5) is 12.9. The molecule has 1 N–H and O–H groups in total. The first-order chi connectivity index (χ1) is 9.65. The lowest BCUT2D eigenvalue weighted by atomic mass is 10.2. The average Bonchev–Trinajstić information content (AvgIpc) is 2.92. The van der Waals surface area contributed by atoms with E-state index in [9.17, 15) is 4.79 Å². The highest BCUT2D eigenvalue weighted by atomic mass is 16.5. The first-order valence-corrected chi connectivity index (χ1v) is 6.31. The molecule has 1 aromatic heterocycles. The molecule has 0 aliphatic heterocycles. The van der Waals surface area contributed by atoms with Crippen molar-refractivity contribution in [1.82, 2.24) is 4.90 Å². The molecule has 0 aliphatic rings. The number of aromatic carboxylic acids is 1. The molecule has 1 aromatic carbocycles. The molecule has 106 valence electrons. The third kappa shape index (κ3) is 4.13. The molecule has 2 rings (SSSR count). The Morgan fingerprint density at radius 2 is 2.25 bits per heavy atom. The maximum Gasteiger partial charge on any atom is 0.335 e. The van der Waals surface area contributed by atoms with E-state index >= 15 is 0 Å². The van der Waals surface area contributed by atoms with E-state index in [0.717, 1.165) is 18.7 Å². The van der Waals surface area contributed by atoms with Gasteiger partial charge in [-0.3, -0.25) is 4.90 Å². The van der Waals surface area contributed by atoms with Gasteiger partial charge in [0.2, 0.25) is 0 Å². The molecule has 0 aliphatic carbocycles. The van der Waals surface area contributed by atoms with Gasteiger partial charge in [0.25, 0.3) is 0 Å². The number of carboxylic acid groups (broad SMARTS) is 1. The number of furan rings is 1. The summed E-state index contributed by atoms with van der Waals surface area (Å²) in [5.41, 5.74) is 1.34. The van der Waals surface area contributed by atoms with Crippen LogP contribution in [-0.2, 0) is 6.54 Å². The molecule has 1 heterocycles. The molecule has 5 heteroatoms. The van der Waals surface area contributed by atoms with E-state index in [1.165, 1.54) is 6.07 Å². The minimum Gasteiger partial charge on any atom is -0.492 e. The number of nitrogens with zero attached hydrogens (tertiary/aromatic N) is 1. The third-order valence-corrected chi connectivity index (χ3v) is 2.86. The van der Waals surface area contributed by atoms with Crippen molar-refractivity contribution < 1.29 is 19.1 Å². The summed E-state index contributed by atoms with van der Waals surface area (Å²) in [6.45, 7) is 2.02. The van der Waals surface area contributed by atoms with Crippen LogP contribution in [0.25, 0.3) is 0 Å². The summed E-state index contributed by atoms with van der Waals surface area (Å²) < 4.78 is 10.6. The van der Waals surface area contributed by atoms with Crippen LogP contribution in [0.3, 0.4) is 0 Å². The largest absolute Gasteiger partial charge is 0.492 e. The third-order valence-electron chi connectivity index (χ3n) is 2.86. The fraction of sp³-hybridized carbons (Fsp3) is 0.267. The Balaban J connectivity index is 1.78. The number of carbonyl (C=O) groups is 1. The van der Waals surface area contributed by atoms with Gasteiger partial charge in [-0.25, -0.2) is 4.79 Å². The van der Waals surface area contributed by atoms with Gasteiger partial charge in [0.05, 0.1) is 18.1 Å². The van der Waals surface area contributed by atoms with Gasteiger partial charge in [-0.15, -0.1) is 0 Å². The Labute approximate surface area is 117 Å². The number of ether oxygens (including phenoxy) is 1. The van der Waals surface area contributed by atoms with Crippen molar-refractivity contribution in [2.24, 2.45) is 0 Å². The molecule has 0 atom stereocenters. The highest BCUT2D eigenvalue weighted by Gasteiger charge is 2.05. The van der Waals surface area contributed by atoms with Crippen molar-refractivity contribution in [2.45, 2.75) is 6.54 Å². The Kier molecular flexibility index (Phi) is 4.79. The molecule has 0 bridgehead atoms. The van der Waals surface area contributed by atoms with E-state index in [1.54, 1.807) is 30.7 Å². The summed E-state index contributed by atoms with van der Waals surface area (Å²) in [5, 5.41) is 8.89. The lowest BCUT2D eigenvalue weighted by molar-refractivity contribution is 0.0696. The molecule has 0 amide bonds. The quantitative estimate of drug-likeness (QED) is 0.841. The van der Waals surface area contributed by atoms with Crippen LogP contribution in [0.5, 0.6) is 5.75 Å². The number of likely N-dealkylation sites (N-methyl/N-ethyl adjacent to an activating group) is 1. The van der Waals surface area contributed by atoms with Gasteiger partial charge in [-0.2, -0.15) is 0 Å². The van der Waals surface area contributed by atoms with Gasteiger partial charge in [0.1, 0.15) is 12.4 Å². The Morgan fingerprint density at radius 1 is 1.40 bits per heavy atom. The SMILES string of the molecule is CN(CCOc1cccc(C(=O)O)c1)Cc1ccoc1. The second kappa shape index (κ2) is 6.77. The lowest BCUT2D eigenvalue weighted by Crippen LogP contribution is -2.23. The molecular formula is C15H17NO4. The van der Waals surface area contributed by atoms with E-state index < -0.39 is 5.97 Å². The van der Waals surface area contributed by atoms with Crippen molar-refractivity contribution in [1.29, 1.82) is 0 Å². The zero-order chi connectivity index (χ0) is 14.4. The van der Waals surface area contributed by atoms with Gasteiger partial charge >= 0.3 is 5.97 Å². The fourth-order valence-electron chi connectivity index (χ4n) is 1.81. The fourth-order valence-corrected chi connectivity index (χ4v) is 1.81. The first-order valence-electron chi connectivity index (χ1n) is 6.31. The number of hydrogen-bond donors (Lipinski definition) is 1. The molecule has 0 fully saturated rings. The minimum absolute atomic E-state index is 0.231. The molecule has 20 heavy (non-hydrogen) atoms. The summed E-state index contributed by atoms with van der Waals surface area (Å²) in [6.07, 6.45) is 3.37. The van der Waals surface area contributed by atoms with Gasteiger partial charge in [-0.1, -0.05) is 6.07 Å². The summed E-state index contributed by atoms with van der Waals surface area (Å²) in [7, 11) is 1.99. The summed E-state index contributed by atoms with van der Waals surface area (Å²) in [6, 6.07) is 8.42. The molecule has 0 saturated carbocycles. The van der Waals surface area contributed by atoms with Gasteiger partial charge in [0.15, 0.2) is 0 Å². The zero-order valence-electron chi connectivity index (χ0n) is 11.3. The Hall–Kier alpha value is -2.27. The van der Waals surface area contributed by atoms with Crippen molar-refractivity contribution in [3.8, 4) is 5.75 Å². The Morgan fingerprint density at radius 3 is 2.95 bits per heavy atom. The second-order valence-corrected chi connectivity index (χ2v) is 4.55. The topological polar surface area (TPSA) is 62.9 Å². The highest BCUT2D eigenvalue weighted by Crippen LogP contribution is 2.13. The monoisotopic (exact) mass is 275 g/mol. The summed E-state index contributed by atoms with van der Waals surface area (Å²) in [5.74, 6) is -0.380. The van der Waals surface area contributed by atoms with Crippen LogP contribution in [0.2, 0.25) is 0 Å². The molecule has 0 unspecified atom stereocenters. The maximum atomic E-state index is 10.8. The van der Waals surface area contributed by atoms with Crippen LogP contribution in [-0.4, -0.2) is 36.2 Å². The molecule has 0 spiro atoms. The number of rotatable bonds is 7. The van der Waals surface area contributed by atoms with Crippen LogP contribution in [0, 0.1) is 0 Å². The van der Waals surface area contributed by atoms with Crippen molar-refractivity contribution in [2.75, 3.05) is 20.2 Å². The number of benzene rings is 1. The van der Waals surface area contributed by atoms with E-state index in [0.29, 0.717) is 12.4 Å². The molecular weight excluding hydrogens is 258 g/mol. The maximum absolute atomic E-state index is 10.8. The van der Waals surface area contributed by atoms with Crippen LogP contribution in [0.4, 0.5) is 0 Å². The van der Waals surface area contributed by atoms with Crippen molar-refractivity contribution in [3.05, 3.63) is 54.0 Å². The smallest absolute Gasteiger partial charge is 0.335 e. The van der Waals surface area contributed by atoms with E-state index in [1.807, 2.05) is 13.1 Å². The van der Waals surface area contributed by atoms with Gasteiger partial charge < -0.3 is 14.3 Å². The standard InChI is InChI=1S/C15H17NO4/c1-16(10-12-5-7-19-11-12)6-8-20-14-4-2-3-13(9-14)15(17)18/h2-5,7,9,11H,6,8,10H2,1H3,(H,17,18). The van der Waals surface area contributed by atoms with Crippen LogP contribution < -0.4 is 4.74 Å². The number of hydrogen-bond acceptors (Lipinski definition) is 4. The molecule has 0 radical (unpaired) electrons. The molecule has 5 nitrogen and oxygen atoms in total. The second-order valence-electron chi connectivity index (χ2n) is 4.55. The summed E-state index contributed by atoms with van der Waals surface area (Å²) >= 11 is 0. The average molecular weight is 275 g/mol. The lowest BCUT2D eigenvalue weighted by Gasteiger charge is -2.16. The number of carboxylic acids is 1. The first kappa shape index (κ1) is 14.1. The normalized spacial score (nSPS) is 10.7. The van der Waals surface area contributed by atoms with E-state index in [4.69, 9.17) is 14.3 Å². The van der Waals surface area contributed by atoms with Gasteiger partial charge in [0, 0.05) is 18.7 Å². The van der Waals surface area contributed by atoms with Gasteiger partial charge in [-0.05, 0) is 31.3 Å². The van der Waals surface area contributed by atoms with Crippen LogP contribution in [0.1, 0.15) is 15.9 Å².